The number of aromatic nitrogens is 2. The van der Waals surface area contributed by atoms with Crippen molar-refractivity contribution in [1.29, 1.82) is 0 Å². The fraction of sp³-hybridized carbons (Fsp3) is 0.714. The Morgan fingerprint density at radius 1 is 1.42 bits per heavy atom. The Morgan fingerprint density at radius 2 is 2.16 bits per heavy atom. The van der Waals surface area contributed by atoms with E-state index in [1.54, 1.807) is 13.3 Å². The van der Waals surface area contributed by atoms with Crippen LogP contribution >= 0.6 is 0 Å². The van der Waals surface area contributed by atoms with Crippen LogP contribution in [0, 0.1) is 0 Å². The van der Waals surface area contributed by atoms with Crippen molar-refractivity contribution >= 4 is 11.8 Å². The largest absolute Gasteiger partial charge is 0.461 e. The Bertz CT molecular complexity index is 401. The van der Waals surface area contributed by atoms with Gasteiger partial charge in [0.1, 0.15) is 5.82 Å². The zero-order valence-corrected chi connectivity index (χ0v) is 12.2. The fourth-order valence-corrected chi connectivity index (χ4v) is 2.08. The maximum absolute atomic E-state index is 11.6. The number of nitrogens with two attached hydrogens (primary N) is 1. The molecule has 5 nitrogen and oxygen atoms in total. The first kappa shape index (κ1) is 15.5. The van der Waals surface area contributed by atoms with Gasteiger partial charge in [0.25, 0.3) is 0 Å². The topological polar surface area (TPSA) is 70.1 Å². The lowest BCUT2D eigenvalue weighted by atomic mass is 10.1. The summed E-state index contributed by atoms with van der Waals surface area (Å²) in [7, 11) is 0. The van der Waals surface area contributed by atoms with Gasteiger partial charge in [-0.3, -0.25) is 0 Å². The maximum atomic E-state index is 11.6. The maximum Gasteiger partial charge on any atom is 0.360 e. The van der Waals surface area contributed by atoms with E-state index in [-0.39, 0.29) is 11.7 Å². The molecule has 0 aliphatic rings. The molecule has 0 aromatic carbocycles. The average molecular weight is 267 g/mol. The summed E-state index contributed by atoms with van der Waals surface area (Å²) in [4.78, 5) is 15.7. The second-order valence-corrected chi connectivity index (χ2v) is 4.80. The predicted octanol–water partition coefficient (Wildman–Crippen LogP) is 3.17. The Labute approximate surface area is 115 Å². The number of imidazole rings is 1. The quantitative estimate of drug-likeness (QED) is 0.580. The standard InChI is InChI=1S/C14H25N3O2/c1-4-6-7-8-9-11(3)17-10-16-12(13(17)15)14(18)19-5-2/h10-11H,4-9,15H2,1-3H3. The van der Waals surface area contributed by atoms with Crippen molar-refractivity contribution in [2.45, 2.75) is 58.9 Å². The molecular formula is C14H25N3O2. The highest BCUT2D eigenvalue weighted by Gasteiger charge is 2.19. The number of nitrogen functional groups attached to an aromatic ring is 1. The Morgan fingerprint density at radius 3 is 2.79 bits per heavy atom. The van der Waals surface area contributed by atoms with Crippen LogP contribution in [-0.2, 0) is 4.74 Å². The second-order valence-electron chi connectivity index (χ2n) is 4.80. The minimum Gasteiger partial charge on any atom is -0.461 e. The molecule has 0 bridgehead atoms. The van der Waals surface area contributed by atoms with Crippen LogP contribution in [-0.4, -0.2) is 22.1 Å². The molecule has 1 atom stereocenters. The van der Waals surface area contributed by atoms with Crippen LogP contribution in [0.25, 0.3) is 0 Å². The van der Waals surface area contributed by atoms with Crippen LogP contribution in [0.2, 0.25) is 0 Å². The number of unbranched alkanes of at least 4 members (excludes halogenated alkanes) is 3. The molecule has 0 aliphatic heterocycles. The lowest BCUT2D eigenvalue weighted by Gasteiger charge is -2.14. The smallest absolute Gasteiger partial charge is 0.360 e. The number of rotatable bonds is 8. The van der Waals surface area contributed by atoms with Gasteiger partial charge in [0.05, 0.1) is 12.9 Å². The molecule has 5 heteroatoms. The lowest BCUT2D eigenvalue weighted by Crippen LogP contribution is -2.12. The van der Waals surface area contributed by atoms with Crippen molar-refractivity contribution in [2.75, 3.05) is 12.3 Å². The number of hydrogen-bond acceptors (Lipinski definition) is 4. The molecule has 108 valence electrons. The minimum absolute atomic E-state index is 0.224. The van der Waals surface area contributed by atoms with E-state index in [1.165, 1.54) is 25.7 Å². The molecule has 1 heterocycles. The molecule has 1 rings (SSSR count). The van der Waals surface area contributed by atoms with Crippen molar-refractivity contribution in [3.8, 4) is 0 Å². The molecule has 0 radical (unpaired) electrons. The fourth-order valence-electron chi connectivity index (χ4n) is 2.08. The highest BCUT2D eigenvalue weighted by Crippen LogP contribution is 2.21. The molecule has 0 aliphatic carbocycles. The molecule has 1 unspecified atom stereocenters. The number of hydrogen-bond donors (Lipinski definition) is 1. The van der Waals surface area contributed by atoms with Crippen LogP contribution in [0.4, 0.5) is 5.82 Å². The zero-order chi connectivity index (χ0) is 14.3. The monoisotopic (exact) mass is 267 g/mol. The summed E-state index contributed by atoms with van der Waals surface area (Å²) < 4.78 is 6.78. The zero-order valence-electron chi connectivity index (χ0n) is 12.2. The van der Waals surface area contributed by atoms with E-state index in [4.69, 9.17) is 10.5 Å². The highest BCUT2D eigenvalue weighted by molar-refractivity contribution is 5.92. The second kappa shape index (κ2) is 7.81. The first-order valence-electron chi connectivity index (χ1n) is 7.11. The summed E-state index contributed by atoms with van der Waals surface area (Å²) in [5.41, 5.74) is 6.19. The highest BCUT2D eigenvalue weighted by atomic mass is 16.5. The normalized spacial score (nSPS) is 12.4. The molecule has 1 aromatic heterocycles. The molecule has 0 saturated carbocycles. The van der Waals surface area contributed by atoms with Gasteiger partial charge in [-0.15, -0.1) is 0 Å². The molecule has 1 aromatic rings. The first-order chi connectivity index (χ1) is 9.11. The van der Waals surface area contributed by atoms with Gasteiger partial charge in [0.15, 0.2) is 5.69 Å². The molecular weight excluding hydrogens is 242 g/mol. The van der Waals surface area contributed by atoms with Crippen LogP contribution in [0.15, 0.2) is 6.33 Å². The van der Waals surface area contributed by atoms with Crippen molar-refractivity contribution in [3.05, 3.63) is 12.0 Å². The Kier molecular flexibility index (Phi) is 6.39. The number of anilines is 1. The number of ether oxygens (including phenoxy) is 1. The van der Waals surface area contributed by atoms with Gasteiger partial charge in [0, 0.05) is 6.04 Å². The van der Waals surface area contributed by atoms with E-state index < -0.39 is 5.97 Å². The third kappa shape index (κ3) is 4.26. The van der Waals surface area contributed by atoms with E-state index in [0.717, 1.165) is 6.42 Å². The summed E-state index contributed by atoms with van der Waals surface area (Å²) in [6.07, 6.45) is 7.57. The van der Waals surface area contributed by atoms with Crippen LogP contribution in [0.3, 0.4) is 0 Å². The van der Waals surface area contributed by atoms with E-state index >= 15 is 0 Å². The summed E-state index contributed by atoms with van der Waals surface area (Å²) in [6, 6.07) is 0.257. The Hall–Kier alpha value is -1.52. The molecule has 19 heavy (non-hydrogen) atoms. The van der Waals surface area contributed by atoms with Crippen molar-refractivity contribution in [1.82, 2.24) is 9.55 Å². The third-order valence-corrected chi connectivity index (χ3v) is 3.25. The van der Waals surface area contributed by atoms with Crippen molar-refractivity contribution in [3.63, 3.8) is 0 Å². The van der Waals surface area contributed by atoms with Crippen LogP contribution < -0.4 is 5.73 Å². The van der Waals surface area contributed by atoms with Crippen molar-refractivity contribution in [2.24, 2.45) is 0 Å². The molecule has 0 fully saturated rings. The lowest BCUT2D eigenvalue weighted by molar-refractivity contribution is 0.0521. The summed E-state index contributed by atoms with van der Waals surface area (Å²) in [6.45, 7) is 6.39. The van der Waals surface area contributed by atoms with E-state index in [1.807, 2.05) is 4.57 Å². The average Bonchev–Trinajstić information content (AvgIpc) is 2.77. The third-order valence-electron chi connectivity index (χ3n) is 3.25. The van der Waals surface area contributed by atoms with E-state index in [0.29, 0.717) is 12.4 Å². The summed E-state index contributed by atoms with van der Waals surface area (Å²) >= 11 is 0. The van der Waals surface area contributed by atoms with Gasteiger partial charge in [-0.25, -0.2) is 9.78 Å². The van der Waals surface area contributed by atoms with Gasteiger partial charge < -0.3 is 15.0 Å². The number of esters is 1. The van der Waals surface area contributed by atoms with Gasteiger partial charge in [0.2, 0.25) is 0 Å². The summed E-state index contributed by atoms with van der Waals surface area (Å²) in [5, 5.41) is 0. The van der Waals surface area contributed by atoms with E-state index in [2.05, 4.69) is 18.8 Å². The van der Waals surface area contributed by atoms with E-state index in [9.17, 15) is 4.79 Å². The predicted molar refractivity (Wildman–Crippen MR) is 76.1 cm³/mol. The number of carbonyl (C=O) groups excluding carboxylic acids is 1. The summed E-state index contributed by atoms with van der Waals surface area (Å²) in [5.74, 6) is -0.0432. The van der Waals surface area contributed by atoms with Gasteiger partial charge in [-0.2, -0.15) is 0 Å². The van der Waals surface area contributed by atoms with Gasteiger partial charge in [-0.05, 0) is 20.3 Å². The van der Waals surface area contributed by atoms with Crippen LogP contribution in [0.1, 0.15) is 69.4 Å². The SMILES string of the molecule is CCCCCCC(C)n1cnc(C(=O)OCC)c1N. The van der Waals surface area contributed by atoms with Crippen molar-refractivity contribution < 1.29 is 9.53 Å². The molecule has 2 N–H and O–H groups in total. The molecule has 0 saturated heterocycles. The molecule has 0 amide bonds. The molecule has 0 spiro atoms. The number of nitrogens with zero attached hydrogens (tertiary/aromatic N) is 2. The first-order valence-corrected chi connectivity index (χ1v) is 7.11. The number of carbonyl (C=O) groups is 1. The van der Waals surface area contributed by atoms with Crippen LogP contribution in [0.5, 0.6) is 0 Å². The van der Waals surface area contributed by atoms with Gasteiger partial charge >= 0.3 is 5.97 Å². The minimum atomic E-state index is -0.447. The van der Waals surface area contributed by atoms with Gasteiger partial charge in [-0.1, -0.05) is 32.6 Å². The Balaban J connectivity index is 2.61.